The Morgan fingerprint density at radius 2 is 2.10 bits per heavy atom. The molecular formula is C16H12FNO2S. The average molecular weight is 301 g/mol. The van der Waals surface area contributed by atoms with E-state index in [-0.39, 0.29) is 29.8 Å². The number of carbonyl (C=O) groups is 2. The first-order valence-electron chi connectivity index (χ1n) is 6.82. The van der Waals surface area contributed by atoms with Crippen molar-refractivity contribution in [3.05, 3.63) is 52.0 Å². The highest BCUT2D eigenvalue weighted by Crippen LogP contribution is 2.43. The molecule has 0 aliphatic carbocycles. The van der Waals surface area contributed by atoms with E-state index in [4.69, 9.17) is 0 Å². The third-order valence-corrected chi connectivity index (χ3v) is 5.23. The molecule has 21 heavy (non-hydrogen) atoms. The molecule has 106 valence electrons. The van der Waals surface area contributed by atoms with Gasteiger partial charge in [0.15, 0.2) is 5.78 Å². The number of halogens is 1. The number of hydrogen-bond acceptors (Lipinski definition) is 3. The van der Waals surface area contributed by atoms with E-state index in [2.05, 4.69) is 0 Å². The maximum absolute atomic E-state index is 13.3. The molecule has 0 bridgehead atoms. The number of nitrogens with zero attached hydrogens (tertiary/aromatic N) is 1. The molecule has 2 aliphatic rings. The predicted octanol–water partition coefficient (Wildman–Crippen LogP) is 2.90. The highest BCUT2D eigenvalue weighted by Gasteiger charge is 2.48. The van der Waals surface area contributed by atoms with Gasteiger partial charge in [-0.25, -0.2) is 4.39 Å². The molecule has 3 heterocycles. The van der Waals surface area contributed by atoms with Crippen molar-refractivity contribution < 1.29 is 14.0 Å². The zero-order valence-corrected chi connectivity index (χ0v) is 11.9. The van der Waals surface area contributed by atoms with Crippen molar-refractivity contribution in [1.29, 1.82) is 0 Å². The Kier molecular flexibility index (Phi) is 2.72. The summed E-state index contributed by atoms with van der Waals surface area (Å²) in [5.41, 5.74) is 1.29. The van der Waals surface area contributed by atoms with Crippen molar-refractivity contribution in [3.63, 3.8) is 0 Å². The lowest BCUT2D eigenvalue weighted by molar-refractivity contribution is -0.122. The maximum atomic E-state index is 13.3. The molecule has 0 N–H and O–H groups in total. The van der Waals surface area contributed by atoms with E-state index in [0.29, 0.717) is 17.7 Å². The van der Waals surface area contributed by atoms with Crippen LogP contribution in [-0.4, -0.2) is 17.7 Å². The number of benzene rings is 1. The minimum absolute atomic E-state index is 0.00245. The van der Waals surface area contributed by atoms with E-state index in [9.17, 15) is 14.0 Å². The summed E-state index contributed by atoms with van der Waals surface area (Å²) in [4.78, 5) is 27.5. The Morgan fingerprint density at radius 3 is 2.86 bits per heavy atom. The second-order valence-corrected chi connectivity index (χ2v) is 6.43. The third-order valence-electron chi connectivity index (χ3n) is 4.23. The lowest BCUT2D eigenvalue weighted by Crippen LogP contribution is -2.45. The van der Waals surface area contributed by atoms with Crippen molar-refractivity contribution in [1.82, 2.24) is 0 Å². The second kappa shape index (κ2) is 4.49. The number of anilines is 1. The van der Waals surface area contributed by atoms with Crippen molar-refractivity contribution in [2.75, 3.05) is 4.90 Å². The number of ketones is 1. The van der Waals surface area contributed by atoms with E-state index in [1.165, 1.54) is 12.1 Å². The van der Waals surface area contributed by atoms with Gasteiger partial charge in [-0.1, -0.05) is 6.07 Å². The quantitative estimate of drug-likeness (QED) is 0.812. The highest BCUT2D eigenvalue weighted by atomic mass is 32.1. The monoisotopic (exact) mass is 301 g/mol. The molecule has 1 fully saturated rings. The molecule has 1 amide bonds. The number of carbonyl (C=O) groups excluding carboxylic acids is 2. The van der Waals surface area contributed by atoms with Crippen molar-refractivity contribution >= 4 is 28.7 Å². The van der Waals surface area contributed by atoms with Crippen molar-refractivity contribution in [2.24, 2.45) is 0 Å². The number of amides is 1. The van der Waals surface area contributed by atoms with Gasteiger partial charge in [-0.15, -0.1) is 11.3 Å². The van der Waals surface area contributed by atoms with Gasteiger partial charge in [-0.2, -0.15) is 0 Å². The zero-order valence-electron chi connectivity index (χ0n) is 11.1. The summed E-state index contributed by atoms with van der Waals surface area (Å²) >= 11 is 1.57. The molecule has 2 aliphatic heterocycles. The number of hydrogen-bond donors (Lipinski definition) is 0. The van der Waals surface area contributed by atoms with Gasteiger partial charge in [0.2, 0.25) is 5.91 Å². The van der Waals surface area contributed by atoms with Crippen LogP contribution in [-0.2, 0) is 16.0 Å². The summed E-state index contributed by atoms with van der Waals surface area (Å²) in [7, 11) is 0. The molecule has 4 rings (SSSR count). The fraction of sp³-hybridized carbons (Fsp3) is 0.250. The Hall–Kier alpha value is -2.01. The van der Waals surface area contributed by atoms with E-state index in [1.54, 1.807) is 22.3 Å². The van der Waals surface area contributed by atoms with Crippen LogP contribution in [0.1, 0.15) is 22.8 Å². The Bertz CT molecular complexity index is 741. The van der Waals surface area contributed by atoms with Crippen LogP contribution in [0.25, 0.3) is 0 Å². The summed E-state index contributed by atoms with van der Waals surface area (Å²) in [5, 5.41) is 1.96. The summed E-state index contributed by atoms with van der Waals surface area (Å²) in [6, 6.07) is 7.78. The van der Waals surface area contributed by atoms with E-state index in [0.717, 1.165) is 4.88 Å². The average Bonchev–Trinajstić information content (AvgIpc) is 3.06. The lowest BCUT2D eigenvalue weighted by atomic mass is 9.88. The Labute approximate surface area is 125 Å². The first-order chi connectivity index (χ1) is 10.1. The lowest BCUT2D eigenvalue weighted by Gasteiger charge is -2.32. The first kappa shape index (κ1) is 12.7. The molecule has 5 heteroatoms. The molecule has 1 aromatic heterocycles. The molecule has 3 nitrogen and oxygen atoms in total. The van der Waals surface area contributed by atoms with Gasteiger partial charge in [0, 0.05) is 29.3 Å². The van der Waals surface area contributed by atoms with Gasteiger partial charge in [0.05, 0.1) is 0 Å². The van der Waals surface area contributed by atoms with Crippen LogP contribution >= 0.6 is 11.3 Å². The Balaban J connectivity index is 1.83. The van der Waals surface area contributed by atoms with Gasteiger partial charge in [-0.3, -0.25) is 9.59 Å². The Morgan fingerprint density at radius 1 is 1.24 bits per heavy atom. The predicted molar refractivity (Wildman–Crippen MR) is 78.1 cm³/mol. The van der Waals surface area contributed by atoms with Crippen LogP contribution in [0.4, 0.5) is 10.1 Å². The molecule has 2 atom stereocenters. The largest absolute Gasteiger partial charge is 0.301 e. The standard InChI is InChI=1S/C16H12FNO2S/c17-10-3-4-12-9(6-10)7-13(19)16-11(8-15(20)18(12)16)14-2-1-5-21-14/h1-6,11,16H,7-8H2/t11-,16+/m0/s1. The number of Topliss-reactive ketones (excluding diaryl/α,β-unsaturated/α-hetero) is 1. The summed E-state index contributed by atoms with van der Waals surface area (Å²) in [6.07, 6.45) is 0.539. The SMILES string of the molecule is O=C1Cc2cc(F)ccc2N2C(=O)C[C@@H](c3cccs3)[C@H]12. The summed E-state index contributed by atoms with van der Waals surface area (Å²) in [6.45, 7) is 0. The molecule has 0 saturated carbocycles. The molecular weight excluding hydrogens is 289 g/mol. The van der Waals surface area contributed by atoms with Crippen LogP contribution < -0.4 is 4.90 Å². The molecule has 2 aromatic rings. The molecule has 0 unspecified atom stereocenters. The van der Waals surface area contributed by atoms with E-state index >= 15 is 0 Å². The third kappa shape index (κ3) is 1.84. The van der Waals surface area contributed by atoms with E-state index in [1.807, 2.05) is 17.5 Å². The topological polar surface area (TPSA) is 37.4 Å². The number of fused-ring (bicyclic) bond motifs is 3. The van der Waals surface area contributed by atoms with E-state index < -0.39 is 6.04 Å². The van der Waals surface area contributed by atoms with Gasteiger partial charge >= 0.3 is 0 Å². The van der Waals surface area contributed by atoms with Crippen LogP contribution in [0.15, 0.2) is 35.7 Å². The number of thiophene rings is 1. The summed E-state index contributed by atoms with van der Waals surface area (Å²) < 4.78 is 13.3. The van der Waals surface area contributed by atoms with Gasteiger partial charge in [-0.05, 0) is 35.2 Å². The molecule has 0 spiro atoms. The van der Waals surface area contributed by atoms with Gasteiger partial charge in [0.25, 0.3) is 0 Å². The summed E-state index contributed by atoms with van der Waals surface area (Å²) in [5.74, 6) is -0.513. The van der Waals surface area contributed by atoms with Crippen molar-refractivity contribution in [2.45, 2.75) is 24.8 Å². The van der Waals surface area contributed by atoms with Crippen molar-refractivity contribution in [3.8, 4) is 0 Å². The minimum atomic E-state index is -0.436. The molecule has 0 radical (unpaired) electrons. The zero-order chi connectivity index (χ0) is 14.6. The van der Waals surface area contributed by atoms with Gasteiger partial charge in [0.1, 0.15) is 11.9 Å². The molecule has 1 saturated heterocycles. The van der Waals surface area contributed by atoms with Crippen LogP contribution in [0, 0.1) is 5.82 Å². The maximum Gasteiger partial charge on any atom is 0.228 e. The normalized spacial score (nSPS) is 24.1. The fourth-order valence-electron chi connectivity index (χ4n) is 3.37. The molecule has 1 aromatic carbocycles. The first-order valence-corrected chi connectivity index (χ1v) is 7.70. The fourth-order valence-corrected chi connectivity index (χ4v) is 4.23. The minimum Gasteiger partial charge on any atom is -0.301 e. The smallest absolute Gasteiger partial charge is 0.228 e. The van der Waals surface area contributed by atoms with Gasteiger partial charge < -0.3 is 4.90 Å². The number of rotatable bonds is 1. The highest BCUT2D eigenvalue weighted by molar-refractivity contribution is 7.10. The van der Waals surface area contributed by atoms with Crippen LogP contribution in [0.5, 0.6) is 0 Å². The second-order valence-electron chi connectivity index (χ2n) is 5.45. The van der Waals surface area contributed by atoms with Crippen LogP contribution in [0.3, 0.4) is 0 Å². The van der Waals surface area contributed by atoms with Crippen LogP contribution in [0.2, 0.25) is 0 Å².